The molecule has 2 heterocycles. The van der Waals surface area contributed by atoms with Gasteiger partial charge in [-0.25, -0.2) is 9.97 Å². The molecule has 0 radical (unpaired) electrons. The standard InChI is InChI=1S/C15H13N5OS/c1-22-15-18-8-11(13(16)21)14(20-15)19-10-4-5-12-9(7-10)3-2-6-17-12/h2-8H,1H3,(H2,16,21)(H,18,19,20). The van der Waals surface area contributed by atoms with Crippen molar-refractivity contribution in [3.05, 3.63) is 48.3 Å². The summed E-state index contributed by atoms with van der Waals surface area (Å²) in [4.78, 5) is 24.2. The van der Waals surface area contributed by atoms with Crippen molar-refractivity contribution in [1.29, 1.82) is 0 Å². The van der Waals surface area contributed by atoms with E-state index in [1.807, 2.05) is 36.6 Å². The van der Waals surface area contributed by atoms with Crippen molar-refractivity contribution in [2.45, 2.75) is 5.16 Å². The van der Waals surface area contributed by atoms with Crippen LogP contribution < -0.4 is 11.1 Å². The van der Waals surface area contributed by atoms with Crippen LogP contribution in [0.15, 0.2) is 47.9 Å². The van der Waals surface area contributed by atoms with E-state index in [1.54, 1.807) is 6.20 Å². The van der Waals surface area contributed by atoms with Gasteiger partial charge in [0, 0.05) is 23.5 Å². The predicted molar refractivity (Wildman–Crippen MR) is 87.4 cm³/mol. The Morgan fingerprint density at radius 3 is 2.91 bits per heavy atom. The Bertz CT molecular complexity index is 852. The zero-order valence-corrected chi connectivity index (χ0v) is 12.6. The highest BCUT2D eigenvalue weighted by Crippen LogP contribution is 2.23. The SMILES string of the molecule is CSc1ncc(C(N)=O)c(Nc2ccc3ncccc3c2)n1. The number of hydrogen-bond acceptors (Lipinski definition) is 6. The fourth-order valence-electron chi connectivity index (χ4n) is 2.03. The number of anilines is 2. The molecule has 0 fully saturated rings. The van der Waals surface area contributed by atoms with Gasteiger partial charge in [-0.15, -0.1) is 0 Å². The molecule has 6 nitrogen and oxygen atoms in total. The predicted octanol–water partition coefficient (Wildman–Crippen LogP) is 2.59. The molecule has 0 bridgehead atoms. The molecule has 110 valence electrons. The molecule has 7 heteroatoms. The number of nitrogens with two attached hydrogens (primary N) is 1. The lowest BCUT2D eigenvalue weighted by molar-refractivity contribution is 0.100. The number of pyridine rings is 1. The summed E-state index contributed by atoms with van der Waals surface area (Å²) in [5.74, 6) is -0.173. The number of amides is 1. The number of thioether (sulfide) groups is 1. The van der Waals surface area contributed by atoms with E-state index in [9.17, 15) is 4.79 Å². The summed E-state index contributed by atoms with van der Waals surface area (Å²) >= 11 is 1.39. The van der Waals surface area contributed by atoms with Gasteiger partial charge < -0.3 is 11.1 Å². The molecular formula is C15H13N5OS. The molecule has 0 spiro atoms. The highest BCUT2D eigenvalue weighted by Gasteiger charge is 2.12. The molecule has 1 aromatic carbocycles. The van der Waals surface area contributed by atoms with Gasteiger partial charge in [0.05, 0.1) is 5.52 Å². The third-order valence-corrected chi connectivity index (χ3v) is 3.64. The Morgan fingerprint density at radius 1 is 1.27 bits per heavy atom. The number of nitrogens with one attached hydrogen (secondary N) is 1. The van der Waals surface area contributed by atoms with Crippen LogP contribution in [0.2, 0.25) is 0 Å². The smallest absolute Gasteiger partial charge is 0.254 e. The lowest BCUT2D eigenvalue weighted by atomic mass is 10.2. The Kier molecular flexibility index (Phi) is 3.88. The first-order valence-electron chi connectivity index (χ1n) is 6.50. The van der Waals surface area contributed by atoms with Crippen LogP contribution in [-0.4, -0.2) is 27.1 Å². The first kappa shape index (κ1) is 14.3. The number of primary amides is 1. The molecular weight excluding hydrogens is 298 g/mol. The zero-order valence-electron chi connectivity index (χ0n) is 11.8. The summed E-state index contributed by atoms with van der Waals surface area (Å²) in [6.07, 6.45) is 5.05. The topological polar surface area (TPSA) is 93.8 Å². The minimum atomic E-state index is -0.572. The number of benzene rings is 1. The number of rotatable bonds is 4. The Balaban J connectivity index is 2.01. The van der Waals surface area contributed by atoms with Crippen LogP contribution in [0.4, 0.5) is 11.5 Å². The largest absolute Gasteiger partial charge is 0.365 e. The second-order valence-corrected chi connectivity index (χ2v) is 5.29. The third-order valence-electron chi connectivity index (χ3n) is 3.08. The number of nitrogens with zero attached hydrogens (tertiary/aromatic N) is 3. The van der Waals surface area contributed by atoms with E-state index < -0.39 is 5.91 Å². The van der Waals surface area contributed by atoms with Crippen LogP contribution in [0.5, 0.6) is 0 Å². The molecule has 0 aliphatic heterocycles. The normalized spacial score (nSPS) is 10.6. The van der Waals surface area contributed by atoms with Crippen LogP contribution in [-0.2, 0) is 0 Å². The van der Waals surface area contributed by atoms with Crippen LogP contribution >= 0.6 is 11.8 Å². The van der Waals surface area contributed by atoms with E-state index >= 15 is 0 Å². The maximum atomic E-state index is 11.5. The van der Waals surface area contributed by atoms with Crippen LogP contribution in [0.3, 0.4) is 0 Å². The van der Waals surface area contributed by atoms with Crippen molar-refractivity contribution in [2.24, 2.45) is 5.73 Å². The van der Waals surface area contributed by atoms with Crippen molar-refractivity contribution in [1.82, 2.24) is 15.0 Å². The minimum absolute atomic E-state index is 0.254. The average Bonchev–Trinajstić information content (AvgIpc) is 2.54. The van der Waals surface area contributed by atoms with Gasteiger partial charge in [-0.3, -0.25) is 9.78 Å². The van der Waals surface area contributed by atoms with Crippen molar-refractivity contribution in [3.63, 3.8) is 0 Å². The number of carbonyl (C=O) groups is 1. The molecule has 3 rings (SSSR count). The molecule has 0 saturated heterocycles. The van der Waals surface area contributed by atoms with Crippen molar-refractivity contribution in [2.75, 3.05) is 11.6 Å². The maximum absolute atomic E-state index is 11.5. The first-order chi connectivity index (χ1) is 10.7. The molecule has 0 saturated carbocycles. The highest BCUT2D eigenvalue weighted by molar-refractivity contribution is 7.98. The van der Waals surface area contributed by atoms with E-state index in [0.29, 0.717) is 11.0 Å². The van der Waals surface area contributed by atoms with E-state index in [1.165, 1.54) is 18.0 Å². The maximum Gasteiger partial charge on any atom is 0.254 e. The van der Waals surface area contributed by atoms with E-state index in [0.717, 1.165) is 16.6 Å². The van der Waals surface area contributed by atoms with Crippen molar-refractivity contribution >= 4 is 40.1 Å². The molecule has 3 aromatic rings. The van der Waals surface area contributed by atoms with Crippen LogP contribution in [0.25, 0.3) is 10.9 Å². The summed E-state index contributed by atoms with van der Waals surface area (Å²) in [5, 5.41) is 4.69. The van der Waals surface area contributed by atoms with E-state index in [4.69, 9.17) is 5.73 Å². The van der Waals surface area contributed by atoms with Crippen LogP contribution in [0.1, 0.15) is 10.4 Å². The van der Waals surface area contributed by atoms with Gasteiger partial charge in [-0.05, 0) is 30.5 Å². The number of fused-ring (bicyclic) bond motifs is 1. The average molecular weight is 311 g/mol. The minimum Gasteiger partial charge on any atom is -0.365 e. The lowest BCUT2D eigenvalue weighted by Gasteiger charge is -2.10. The van der Waals surface area contributed by atoms with Gasteiger partial charge in [0.15, 0.2) is 5.16 Å². The van der Waals surface area contributed by atoms with Crippen molar-refractivity contribution in [3.8, 4) is 0 Å². The summed E-state index contributed by atoms with van der Waals surface area (Å²) in [7, 11) is 0. The fraction of sp³-hybridized carbons (Fsp3) is 0.0667. The molecule has 3 N–H and O–H groups in total. The molecule has 0 aliphatic rings. The number of hydrogen-bond donors (Lipinski definition) is 2. The zero-order chi connectivity index (χ0) is 15.5. The van der Waals surface area contributed by atoms with Gasteiger partial charge in [0.2, 0.25) is 0 Å². The van der Waals surface area contributed by atoms with Gasteiger partial charge >= 0.3 is 0 Å². The Morgan fingerprint density at radius 2 is 2.14 bits per heavy atom. The monoisotopic (exact) mass is 311 g/mol. The lowest BCUT2D eigenvalue weighted by Crippen LogP contribution is -2.15. The Labute approximate surface area is 131 Å². The molecule has 2 aromatic heterocycles. The van der Waals surface area contributed by atoms with Gasteiger partial charge in [-0.2, -0.15) is 0 Å². The Hall–Kier alpha value is -2.67. The van der Waals surface area contributed by atoms with Gasteiger partial charge in [0.1, 0.15) is 11.4 Å². The first-order valence-corrected chi connectivity index (χ1v) is 7.72. The molecule has 0 atom stereocenters. The quantitative estimate of drug-likeness (QED) is 0.568. The third kappa shape index (κ3) is 2.84. The van der Waals surface area contributed by atoms with E-state index in [2.05, 4.69) is 20.3 Å². The molecule has 1 amide bonds. The summed E-state index contributed by atoms with van der Waals surface area (Å²) < 4.78 is 0. The molecule has 22 heavy (non-hydrogen) atoms. The fourth-order valence-corrected chi connectivity index (χ4v) is 2.37. The second-order valence-electron chi connectivity index (χ2n) is 4.52. The van der Waals surface area contributed by atoms with E-state index in [-0.39, 0.29) is 5.56 Å². The summed E-state index contributed by atoms with van der Waals surface area (Å²) in [6, 6.07) is 9.56. The van der Waals surface area contributed by atoms with Crippen LogP contribution in [0, 0.1) is 0 Å². The number of aromatic nitrogens is 3. The second kappa shape index (κ2) is 5.98. The summed E-state index contributed by atoms with van der Waals surface area (Å²) in [5.41, 5.74) is 7.33. The number of carbonyl (C=O) groups excluding carboxylic acids is 1. The van der Waals surface area contributed by atoms with Gasteiger partial charge in [0.25, 0.3) is 5.91 Å². The van der Waals surface area contributed by atoms with Crippen molar-refractivity contribution < 1.29 is 4.79 Å². The van der Waals surface area contributed by atoms with Gasteiger partial charge in [-0.1, -0.05) is 17.8 Å². The molecule has 0 aliphatic carbocycles. The summed E-state index contributed by atoms with van der Waals surface area (Å²) in [6.45, 7) is 0. The molecule has 0 unspecified atom stereocenters. The highest BCUT2D eigenvalue weighted by atomic mass is 32.2.